The molecule has 108 valence electrons. The Kier molecular flexibility index (Phi) is 3.93. The Morgan fingerprint density at radius 3 is 2.62 bits per heavy atom. The van der Waals surface area contributed by atoms with Crippen molar-refractivity contribution >= 4 is 17.3 Å². The number of anilines is 1. The second-order valence-electron chi connectivity index (χ2n) is 4.29. The predicted molar refractivity (Wildman–Crippen MR) is 72.1 cm³/mol. The summed E-state index contributed by atoms with van der Waals surface area (Å²) in [6.45, 7) is 1.41. The van der Waals surface area contributed by atoms with Crippen molar-refractivity contribution < 1.29 is 18.5 Å². The lowest BCUT2D eigenvalue weighted by atomic mass is 10.1. The third-order valence-electron chi connectivity index (χ3n) is 2.92. The highest BCUT2D eigenvalue weighted by molar-refractivity contribution is 6.05. The average molecular weight is 292 g/mol. The molecule has 5 nitrogen and oxygen atoms in total. The van der Waals surface area contributed by atoms with Crippen LogP contribution in [-0.4, -0.2) is 10.8 Å². The number of carbonyl (C=O) groups excluding carboxylic acids is 1. The van der Waals surface area contributed by atoms with E-state index < -0.39 is 22.5 Å². The number of hydrogen-bond acceptors (Lipinski definition) is 3. The van der Waals surface area contributed by atoms with Crippen molar-refractivity contribution in [2.75, 3.05) is 5.32 Å². The molecule has 7 heteroatoms. The van der Waals surface area contributed by atoms with E-state index in [-0.39, 0.29) is 22.5 Å². The summed E-state index contributed by atoms with van der Waals surface area (Å²) in [5.74, 6) is -2.25. The maximum absolute atomic E-state index is 13.5. The van der Waals surface area contributed by atoms with Crippen LogP contribution in [0.5, 0.6) is 0 Å². The fraction of sp³-hybridized carbons (Fsp3) is 0.0714. The zero-order valence-corrected chi connectivity index (χ0v) is 10.9. The SMILES string of the molecule is Cc1c(C(=O)Nc2cc(F)ccc2F)cccc1[N+](=O)[O-]. The maximum atomic E-state index is 13.5. The Balaban J connectivity index is 2.35. The van der Waals surface area contributed by atoms with E-state index in [0.29, 0.717) is 0 Å². The van der Waals surface area contributed by atoms with Gasteiger partial charge < -0.3 is 5.32 Å². The molecule has 1 N–H and O–H groups in total. The minimum absolute atomic E-state index is 0.0212. The molecule has 0 radical (unpaired) electrons. The quantitative estimate of drug-likeness (QED) is 0.695. The molecule has 0 saturated heterocycles. The summed E-state index contributed by atoms with van der Waals surface area (Å²) in [4.78, 5) is 22.3. The minimum atomic E-state index is -0.798. The van der Waals surface area contributed by atoms with Gasteiger partial charge in [-0.25, -0.2) is 8.78 Å². The van der Waals surface area contributed by atoms with Crippen LogP contribution in [0.2, 0.25) is 0 Å². The van der Waals surface area contributed by atoms with Gasteiger partial charge in [0, 0.05) is 23.3 Å². The molecule has 0 heterocycles. The van der Waals surface area contributed by atoms with Crippen LogP contribution < -0.4 is 5.32 Å². The van der Waals surface area contributed by atoms with Crippen molar-refractivity contribution in [3.8, 4) is 0 Å². The largest absolute Gasteiger partial charge is 0.319 e. The number of nitro groups is 1. The van der Waals surface area contributed by atoms with E-state index in [1.165, 1.54) is 25.1 Å². The summed E-state index contributed by atoms with van der Waals surface area (Å²) in [5, 5.41) is 13.0. The summed E-state index contributed by atoms with van der Waals surface area (Å²) in [6.07, 6.45) is 0. The first-order valence-electron chi connectivity index (χ1n) is 5.90. The van der Waals surface area contributed by atoms with Gasteiger partial charge in [0.15, 0.2) is 0 Å². The molecule has 2 aromatic rings. The smallest absolute Gasteiger partial charge is 0.273 e. The van der Waals surface area contributed by atoms with E-state index in [1.54, 1.807) is 0 Å². The van der Waals surface area contributed by atoms with E-state index in [2.05, 4.69) is 5.32 Å². The van der Waals surface area contributed by atoms with Gasteiger partial charge in [-0.3, -0.25) is 14.9 Å². The number of nitro benzene ring substituents is 1. The zero-order valence-electron chi connectivity index (χ0n) is 10.9. The first-order chi connectivity index (χ1) is 9.90. The molecule has 0 saturated carbocycles. The van der Waals surface area contributed by atoms with Gasteiger partial charge in [-0.1, -0.05) is 6.07 Å². The van der Waals surface area contributed by atoms with Gasteiger partial charge in [-0.05, 0) is 25.1 Å². The molecule has 1 amide bonds. The van der Waals surface area contributed by atoms with E-state index in [1.807, 2.05) is 0 Å². The molecular weight excluding hydrogens is 282 g/mol. The lowest BCUT2D eigenvalue weighted by Crippen LogP contribution is -2.15. The normalized spacial score (nSPS) is 10.2. The molecule has 0 fully saturated rings. The number of rotatable bonds is 3. The van der Waals surface area contributed by atoms with Crippen molar-refractivity contribution in [1.29, 1.82) is 0 Å². The first-order valence-corrected chi connectivity index (χ1v) is 5.90. The minimum Gasteiger partial charge on any atom is -0.319 e. The molecule has 0 aliphatic rings. The van der Waals surface area contributed by atoms with Crippen LogP contribution >= 0.6 is 0 Å². The van der Waals surface area contributed by atoms with Crippen LogP contribution in [0, 0.1) is 28.7 Å². The van der Waals surface area contributed by atoms with Gasteiger partial charge >= 0.3 is 0 Å². The van der Waals surface area contributed by atoms with E-state index in [9.17, 15) is 23.7 Å². The van der Waals surface area contributed by atoms with E-state index >= 15 is 0 Å². The van der Waals surface area contributed by atoms with Crippen molar-refractivity contribution in [3.63, 3.8) is 0 Å². The molecule has 2 aromatic carbocycles. The molecule has 0 unspecified atom stereocenters. The number of hydrogen-bond donors (Lipinski definition) is 1. The Morgan fingerprint density at radius 2 is 1.95 bits per heavy atom. The molecule has 0 aromatic heterocycles. The van der Waals surface area contributed by atoms with Crippen LogP contribution in [0.3, 0.4) is 0 Å². The van der Waals surface area contributed by atoms with E-state index in [4.69, 9.17) is 0 Å². The molecule has 0 aliphatic carbocycles. The van der Waals surface area contributed by atoms with Crippen LogP contribution in [0.25, 0.3) is 0 Å². The molecule has 0 aliphatic heterocycles. The Hall–Kier alpha value is -2.83. The van der Waals surface area contributed by atoms with Crippen LogP contribution in [0.1, 0.15) is 15.9 Å². The monoisotopic (exact) mass is 292 g/mol. The molecule has 2 rings (SSSR count). The first kappa shape index (κ1) is 14.6. The molecule has 0 bridgehead atoms. The van der Waals surface area contributed by atoms with Gasteiger partial charge in [-0.2, -0.15) is 0 Å². The number of nitrogens with one attached hydrogen (secondary N) is 1. The maximum Gasteiger partial charge on any atom is 0.273 e. The van der Waals surface area contributed by atoms with Crippen molar-refractivity contribution in [2.45, 2.75) is 6.92 Å². The second-order valence-corrected chi connectivity index (χ2v) is 4.29. The zero-order chi connectivity index (χ0) is 15.6. The van der Waals surface area contributed by atoms with Crippen molar-refractivity contribution in [3.05, 3.63) is 69.3 Å². The number of nitrogens with zero attached hydrogens (tertiary/aromatic N) is 1. The van der Waals surface area contributed by atoms with Gasteiger partial charge in [-0.15, -0.1) is 0 Å². The summed E-state index contributed by atoms with van der Waals surface area (Å²) >= 11 is 0. The Labute approximate surface area is 118 Å². The van der Waals surface area contributed by atoms with Crippen LogP contribution in [-0.2, 0) is 0 Å². The summed E-state index contributed by atoms with van der Waals surface area (Å²) in [5.41, 5.74) is -0.377. The topological polar surface area (TPSA) is 72.2 Å². The lowest BCUT2D eigenvalue weighted by molar-refractivity contribution is -0.385. The fourth-order valence-corrected chi connectivity index (χ4v) is 1.85. The number of halogens is 2. The second kappa shape index (κ2) is 5.66. The van der Waals surface area contributed by atoms with Gasteiger partial charge in [0.1, 0.15) is 11.6 Å². The predicted octanol–water partition coefficient (Wildman–Crippen LogP) is 3.43. The van der Waals surface area contributed by atoms with Crippen molar-refractivity contribution in [1.82, 2.24) is 0 Å². The molecule has 0 atom stereocenters. The Bertz CT molecular complexity index is 732. The van der Waals surface area contributed by atoms with Crippen LogP contribution in [0.4, 0.5) is 20.2 Å². The molecule has 21 heavy (non-hydrogen) atoms. The summed E-state index contributed by atoms with van der Waals surface area (Å²) in [6, 6.07) is 6.61. The highest BCUT2D eigenvalue weighted by Crippen LogP contribution is 2.23. The third kappa shape index (κ3) is 3.02. The number of carbonyl (C=O) groups is 1. The standard InChI is InChI=1S/C14H10F2N2O3/c1-8-10(3-2-4-13(8)18(20)21)14(19)17-12-7-9(15)5-6-11(12)16/h2-7H,1H3,(H,17,19). The Morgan fingerprint density at radius 1 is 1.24 bits per heavy atom. The third-order valence-corrected chi connectivity index (χ3v) is 2.92. The number of amides is 1. The average Bonchev–Trinajstić information content (AvgIpc) is 2.42. The highest BCUT2D eigenvalue weighted by Gasteiger charge is 2.18. The lowest BCUT2D eigenvalue weighted by Gasteiger charge is -2.08. The molecule has 0 spiro atoms. The molecular formula is C14H10F2N2O3. The van der Waals surface area contributed by atoms with Gasteiger partial charge in [0.2, 0.25) is 0 Å². The van der Waals surface area contributed by atoms with Crippen molar-refractivity contribution in [2.24, 2.45) is 0 Å². The van der Waals surface area contributed by atoms with Gasteiger partial charge in [0.05, 0.1) is 10.6 Å². The summed E-state index contributed by atoms with van der Waals surface area (Å²) in [7, 11) is 0. The summed E-state index contributed by atoms with van der Waals surface area (Å²) < 4.78 is 26.5. The highest BCUT2D eigenvalue weighted by atomic mass is 19.1. The van der Waals surface area contributed by atoms with Gasteiger partial charge in [0.25, 0.3) is 11.6 Å². The number of benzene rings is 2. The van der Waals surface area contributed by atoms with Crippen LogP contribution in [0.15, 0.2) is 36.4 Å². The van der Waals surface area contributed by atoms with E-state index in [0.717, 1.165) is 18.2 Å². The fourth-order valence-electron chi connectivity index (χ4n) is 1.85.